The lowest BCUT2D eigenvalue weighted by Gasteiger charge is -2.44. The van der Waals surface area contributed by atoms with Crippen molar-refractivity contribution in [1.29, 1.82) is 0 Å². The minimum atomic E-state index is -0.511. The Balaban J connectivity index is 2.23. The average Bonchev–Trinajstić information content (AvgIpc) is 2.70. The van der Waals surface area contributed by atoms with Gasteiger partial charge in [0.2, 0.25) is 0 Å². The zero-order chi connectivity index (χ0) is 23.2. The molecule has 0 unspecified atom stereocenters. The molecule has 1 aliphatic rings. The zero-order valence-corrected chi connectivity index (χ0v) is 20.5. The van der Waals surface area contributed by atoms with Crippen molar-refractivity contribution in [3.05, 3.63) is 47.5 Å². The highest BCUT2D eigenvalue weighted by atomic mass is 16.6. The van der Waals surface area contributed by atoms with Crippen LogP contribution in [0.5, 0.6) is 0 Å². The highest BCUT2D eigenvalue weighted by Gasteiger charge is 2.43. The molecular weight excluding hydrogens is 386 g/mol. The molecule has 1 N–H and O–H groups in total. The molecule has 0 aromatic heterocycles. The van der Waals surface area contributed by atoms with E-state index in [-0.39, 0.29) is 24.9 Å². The second kappa shape index (κ2) is 10.8. The maximum atomic E-state index is 12.6. The second-order valence-corrected chi connectivity index (χ2v) is 10.4. The molecule has 0 bridgehead atoms. The molecule has 0 aliphatic heterocycles. The van der Waals surface area contributed by atoms with E-state index in [0.717, 1.165) is 38.9 Å². The van der Waals surface area contributed by atoms with Crippen LogP contribution in [0.15, 0.2) is 36.4 Å². The summed E-state index contributed by atoms with van der Waals surface area (Å²) in [6.07, 6.45) is 2.79. The molecule has 1 aromatic carbocycles. The summed E-state index contributed by atoms with van der Waals surface area (Å²) in [6.45, 7) is 19.5. The van der Waals surface area contributed by atoms with Gasteiger partial charge in [-0.25, -0.2) is 0 Å². The first-order chi connectivity index (χ1) is 14.5. The van der Waals surface area contributed by atoms with Crippen molar-refractivity contribution in [3.8, 4) is 0 Å². The Morgan fingerprint density at radius 2 is 1.84 bits per heavy atom. The van der Waals surface area contributed by atoms with Gasteiger partial charge in [-0.1, -0.05) is 50.3 Å². The van der Waals surface area contributed by atoms with E-state index < -0.39 is 11.0 Å². The maximum Gasteiger partial charge on any atom is 0.306 e. The number of carbonyl (C=O) groups is 1. The lowest BCUT2D eigenvalue weighted by atomic mass is 9.61. The number of nitrogens with zero attached hydrogens (tertiary/aromatic N) is 1. The molecule has 1 aromatic rings. The van der Waals surface area contributed by atoms with Gasteiger partial charge in [0.15, 0.2) is 0 Å². The number of rotatable bonds is 9. The van der Waals surface area contributed by atoms with Gasteiger partial charge in [-0.2, -0.15) is 0 Å². The van der Waals surface area contributed by atoms with E-state index in [2.05, 4.69) is 56.5 Å². The smallest absolute Gasteiger partial charge is 0.306 e. The van der Waals surface area contributed by atoms with E-state index in [1.165, 1.54) is 16.7 Å². The monoisotopic (exact) mass is 429 g/mol. The van der Waals surface area contributed by atoms with Gasteiger partial charge in [0.05, 0.1) is 6.42 Å². The number of allylic oxidation sites excluding steroid dienone is 1. The predicted molar refractivity (Wildman–Crippen MR) is 128 cm³/mol. The third-order valence-electron chi connectivity index (χ3n) is 6.74. The van der Waals surface area contributed by atoms with Crippen LogP contribution in [0.25, 0.3) is 0 Å². The molecule has 31 heavy (non-hydrogen) atoms. The van der Waals surface area contributed by atoms with Gasteiger partial charge in [-0.3, -0.25) is 9.69 Å². The van der Waals surface area contributed by atoms with Crippen molar-refractivity contribution in [1.82, 2.24) is 4.90 Å². The fraction of sp³-hybridized carbons (Fsp3) is 0.667. The summed E-state index contributed by atoms with van der Waals surface area (Å²) in [5.41, 5.74) is 2.83. The summed E-state index contributed by atoms with van der Waals surface area (Å²) in [6, 6.07) is 8.93. The summed E-state index contributed by atoms with van der Waals surface area (Å²) in [5.74, 6) is 0.402. The zero-order valence-electron chi connectivity index (χ0n) is 20.5. The van der Waals surface area contributed by atoms with Gasteiger partial charge < -0.3 is 9.84 Å². The fourth-order valence-electron chi connectivity index (χ4n) is 4.93. The highest BCUT2D eigenvalue weighted by molar-refractivity contribution is 5.71. The molecule has 1 saturated carbocycles. The standard InChI is InChI=1S/C27H43NO3/c1-8-28(9-2)18-21-10-12-22(13-11-21)24-16-27(19-29,15-14-23(24)20(3)4)17-25(30)31-26(5,6)7/h10-13,23-24,29H,3,8-9,14-19H2,1-2,4-7H3/t23-,24-,27-/m0/s1. The summed E-state index contributed by atoms with van der Waals surface area (Å²) in [4.78, 5) is 15.0. The lowest BCUT2D eigenvalue weighted by Crippen LogP contribution is -2.39. The van der Waals surface area contributed by atoms with Gasteiger partial charge in [0, 0.05) is 18.6 Å². The van der Waals surface area contributed by atoms with Crippen LogP contribution in [0, 0.1) is 11.3 Å². The van der Waals surface area contributed by atoms with Gasteiger partial charge in [0.25, 0.3) is 0 Å². The second-order valence-electron chi connectivity index (χ2n) is 10.4. The van der Waals surface area contributed by atoms with Crippen LogP contribution in [0.4, 0.5) is 0 Å². The van der Waals surface area contributed by atoms with E-state index in [0.29, 0.717) is 5.92 Å². The van der Waals surface area contributed by atoms with Crippen molar-refractivity contribution < 1.29 is 14.6 Å². The largest absolute Gasteiger partial charge is 0.460 e. The minimum absolute atomic E-state index is 0.00565. The van der Waals surface area contributed by atoms with Crippen LogP contribution in [0.1, 0.15) is 84.3 Å². The summed E-state index contributed by atoms with van der Waals surface area (Å²) in [7, 11) is 0. The van der Waals surface area contributed by atoms with Crippen LogP contribution >= 0.6 is 0 Å². The number of hydrogen-bond acceptors (Lipinski definition) is 4. The topological polar surface area (TPSA) is 49.8 Å². The Kier molecular flexibility index (Phi) is 8.91. The first kappa shape index (κ1) is 25.6. The number of aliphatic hydroxyl groups is 1. The van der Waals surface area contributed by atoms with E-state index in [1.54, 1.807) is 0 Å². The Labute approximate surface area is 189 Å². The molecule has 1 fully saturated rings. The van der Waals surface area contributed by atoms with Gasteiger partial charge in [-0.15, -0.1) is 0 Å². The predicted octanol–water partition coefficient (Wildman–Crippen LogP) is 5.70. The van der Waals surface area contributed by atoms with Crippen molar-refractivity contribution >= 4 is 5.97 Å². The quantitative estimate of drug-likeness (QED) is 0.404. The number of aliphatic hydroxyl groups excluding tert-OH is 1. The van der Waals surface area contributed by atoms with E-state index in [1.807, 2.05) is 20.8 Å². The van der Waals surface area contributed by atoms with Gasteiger partial charge in [0.1, 0.15) is 5.60 Å². The van der Waals surface area contributed by atoms with Crippen molar-refractivity contribution in [2.24, 2.45) is 11.3 Å². The summed E-state index contributed by atoms with van der Waals surface area (Å²) in [5, 5.41) is 10.3. The molecule has 2 rings (SSSR count). The van der Waals surface area contributed by atoms with Gasteiger partial charge >= 0.3 is 5.97 Å². The molecule has 0 saturated heterocycles. The lowest BCUT2D eigenvalue weighted by molar-refractivity contribution is -0.159. The Morgan fingerprint density at radius 3 is 2.32 bits per heavy atom. The molecule has 0 amide bonds. The Hall–Kier alpha value is -1.65. The fourth-order valence-corrected chi connectivity index (χ4v) is 4.93. The number of hydrogen-bond donors (Lipinski definition) is 1. The van der Waals surface area contributed by atoms with Crippen LogP contribution in [-0.2, 0) is 16.1 Å². The Morgan fingerprint density at radius 1 is 1.23 bits per heavy atom. The van der Waals surface area contributed by atoms with Crippen molar-refractivity contribution in [2.45, 2.75) is 85.3 Å². The molecular formula is C27H43NO3. The summed E-state index contributed by atoms with van der Waals surface area (Å²) < 4.78 is 5.58. The molecule has 1 aliphatic carbocycles. The summed E-state index contributed by atoms with van der Waals surface area (Å²) >= 11 is 0. The highest BCUT2D eigenvalue weighted by Crippen LogP contribution is 2.51. The first-order valence-corrected chi connectivity index (χ1v) is 11.8. The molecule has 0 heterocycles. The maximum absolute atomic E-state index is 12.6. The third-order valence-corrected chi connectivity index (χ3v) is 6.74. The number of esters is 1. The van der Waals surface area contributed by atoms with Gasteiger partial charge in [-0.05, 0) is 83.0 Å². The van der Waals surface area contributed by atoms with E-state index in [9.17, 15) is 9.90 Å². The van der Waals surface area contributed by atoms with Crippen LogP contribution in [0.3, 0.4) is 0 Å². The van der Waals surface area contributed by atoms with Crippen LogP contribution < -0.4 is 0 Å². The van der Waals surface area contributed by atoms with Crippen molar-refractivity contribution in [2.75, 3.05) is 19.7 Å². The average molecular weight is 430 g/mol. The minimum Gasteiger partial charge on any atom is -0.460 e. The SMILES string of the molecule is C=C(C)[C@@H]1CC[C@@](CO)(CC(=O)OC(C)(C)C)C[C@H]1c1ccc(CN(CC)CC)cc1. The first-order valence-electron chi connectivity index (χ1n) is 11.8. The number of ether oxygens (including phenoxy) is 1. The normalized spacial score (nSPS) is 24.3. The van der Waals surface area contributed by atoms with Crippen LogP contribution in [0.2, 0.25) is 0 Å². The number of benzene rings is 1. The van der Waals surface area contributed by atoms with E-state index >= 15 is 0 Å². The number of carbonyl (C=O) groups excluding carboxylic acids is 1. The molecule has 0 radical (unpaired) electrons. The van der Waals surface area contributed by atoms with Crippen molar-refractivity contribution in [3.63, 3.8) is 0 Å². The molecule has 4 heteroatoms. The third kappa shape index (κ3) is 7.18. The van der Waals surface area contributed by atoms with Crippen LogP contribution in [-0.4, -0.2) is 41.3 Å². The van der Waals surface area contributed by atoms with E-state index in [4.69, 9.17) is 4.74 Å². The molecule has 174 valence electrons. The molecule has 4 nitrogen and oxygen atoms in total. The molecule has 3 atom stereocenters. The Bertz CT molecular complexity index is 730. The molecule has 0 spiro atoms.